The summed E-state index contributed by atoms with van der Waals surface area (Å²) in [5.41, 5.74) is 10.0. The minimum absolute atomic E-state index is 0.144. The largest absolute Gasteiger partial charge is 0.330 e. The lowest BCUT2D eigenvalue weighted by molar-refractivity contribution is -0.118. The molecule has 5 N–H and O–H groups in total. The zero-order valence-corrected chi connectivity index (χ0v) is 7.43. The average molecular weight is 195 g/mol. The Bertz CT molecular complexity index is 236. The van der Waals surface area contributed by atoms with Crippen LogP contribution in [0.2, 0.25) is 0 Å². The van der Waals surface area contributed by atoms with Gasteiger partial charge in [0.2, 0.25) is 15.9 Å². The van der Waals surface area contributed by atoms with E-state index in [1.54, 1.807) is 4.72 Å². The third-order valence-electron chi connectivity index (χ3n) is 1.07. The zero-order valence-electron chi connectivity index (χ0n) is 6.62. The van der Waals surface area contributed by atoms with E-state index in [1.807, 2.05) is 0 Å². The van der Waals surface area contributed by atoms with Crippen LogP contribution in [-0.4, -0.2) is 33.2 Å². The molecule has 0 saturated heterocycles. The summed E-state index contributed by atoms with van der Waals surface area (Å²) in [5, 5.41) is 0. The molecule has 7 heteroatoms. The lowest BCUT2D eigenvalue weighted by Gasteiger charge is -2.03. The number of carbonyl (C=O) groups excluding carboxylic acids is 1. The van der Waals surface area contributed by atoms with Crippen LogP contribution >= 0.6 is 0 Å². The molecule has 0 aromatic rings. The van der Waals surface area contributed by atoms with E-state index in [-0.39, 0.29) is 18.8 Å². The van der Waals surface area contributed by atoms with Crippen LogP contribution in [0, 0.1) is 0 Å². The minimum Gasteiger partial charge on any atom is -0.330 e. The lowest BCUT2D eigenvalue weighted by Crippen LogP contribution is -2.37. The molecule has 0 spiro atoms. The van der Waals surface area contributed by atoms with Gasteiger partial charge in [-0.25, -0.2) is 8.42 Å². The fourth-order valence-electron chi connectivity index (χ4n) is 0.539. The Morgan fingerprint density at radius 2 is 1.92 bits per heavy atom. The summed E-state index contributed by atoms with van der Waals surface area (Å²) < 4.78 is 23.6. The van der Waals surface area contributed by atoms with Gasteiger partial charge in [-0.15, -0.1) is 0 Å². The maximum Gasteiger partial charge on any atom is 0.247 e. The Morgan fingerprint density at radius 3 is 2.33 bits per heavy atom. The van der Waals surface area contributed by atoms with Gasteiger partial charge in [-0.1, -0.05) is 0 Å². The summed E-state index contributed by atoms with van der Waals surface area (Å²) in [4.78, 5) is 10.5. The van der Waals surface area contributed by atoms with Crippen LogP contribution in [0.15, 0.2) is 0 Å². The van der Waals surface area contributed by atoms with Gasteiger partial charge in [-0.3, -0.25) is 9.52 Å². The van der Waals surface area contributed by atoms with E-state index in [1.165, 1.54) is 0 Å². The number of rotatable bonds is 5. The first-order valence-corrected chi connectivity index (χ1v) is 5.10. The quantitative estimate of drug-likeness (QED) is 0.458. The van der Waals surface area contributed by atoms with E-state index in [0.29, 0.717) is 6.42 Å². The molecule has 72 valence electrons. The molecule has 0 fully saturated rings. The molecule has 0 aliphatic carbocycles. The van der Waals surface area contributed by atoms with Crippen LogP contribution in [0.3, 0.4) is 0 Å². The molecule has 0 aromatic heterocycles. The van der Waals surface area contributed by atoms with Gasteiger partial charge >= 0.3 is 0 Å². The zero-order chi connectivity index (χ0) is 9.61. The highest BCUT2D eigenvalue weighted by atomic mass is 32.2. The van der Waals surface area contributed by atoms with E-state index in [9.17, 15) is 13.2 Å². The maximum atomic E-state index is 10.9. The summed E-state index contributed by atoms with van der Waals surface area (Å²) in [6.45, 7) is -0.0560. The van der Waals surface area contributed by atoms with Crippen molar-refractivity contribution in [2.24, 2.45) is 11.5 Å². The predicted molar refractivity (Wildman–Crippen MR) is 44.7 cm³/mol. The first kappa shape index (κ1) is 11.3. The van der Waals surface area contributed by atoms with Crippen molar-refractivity contribution >= 4 is 15.9 Å². The van der Waals surface area contributed by atoms with E-state index in [4.69, 9.17) is 11.5 Å². The molecule has 1 amide bonds. The topological polar surface area (TPSA) is 115 Å². The van der Waals surface area contributed by atoms with Crippen molar-refractivity contribution in [2.75, 3.05) is 18.8 Å². The van der Waals surface area contributed by atoms with Crippen LogP contribution in [0.25, 0.3) is 0 Å². The SMILES string of the molecule is NCCCS(=O)(=O)NC(=O)CN. The van der Waals surface area contributed by atoms with Gasteiger partial charge < -0.3 is 11.5 Å². The molecule has 6 nitrogen and oxygen atoms in total. The fourth-order valence-corrected chi connectivity index (χ4v) is 1.62. The van der Waals surface area contributed by atoms with Crippen LogP contribution < -0.4 is 16.2 Å². The molecule has 0 aliphatic heterocycles. The third kappa shape index (κ3) is 5.05. The van der Waals surface area contributed by atoms with Crippen molar-refractivity contribution in [1.82, 2.24) is 4.72 Å². The normalized spacial score (nSPS) is 11.2. The number of nitrogens with one attached hydrogen (secondary N) is 1. The third-order valence-corrected chi connectivity index (χ3v) is 2.44. The van der Waals surface area contributed by atoms with Crippen molar-refractivity contribution in [3.63, 3.8) is 0 Å². The molecular weight excluding hydrogens is 182 g/mol. The standard InChI is InChI=1S/C5H13N3O3S/c6-2-1-3-12(10,11)8-5(9)4-7/h1-4,6-7H2,(H,8,9). The summed E-state index contributed by atoms with van der Waals surface area (Å²) >= 11 is 0. The fraction of sp³-hybridized carbons (Fsp3) is 0.800. The smallest absolute Gasteiger partial charge is 0.247 e. The second kappa shape index (κ2) is 5.07. The van der Waals surface area contributed by atoms with Gasteiger partial charge in [-0.2, -0.15) is 0 Å². The first-order valence-electron chi connectivity index (χ1n) is 3.45. The predicted octanol–water partition coefficient (Wildman–Crippen LogP) is -2.26. The average Bonchev–Trinajstić information content (AvgIpc) is 2.00. The van der Waals surface area contributed by atoms with E-state index < -0.39 is 15.9 Å². The number of hydrogen-bond acceptors (Lipinski definition) is 5. The van der Waals surface area contributed by atoms with Crippen molar-refractivity contribution in [2.45, 2.75) is 6.42 Å². The molecule has 0 atom stereocenters. The number of sulfonamides is 1. The Hall–Kier alpha value is -0.660. The molecule has 0 heterocycles. The van der Waals surface area contributed by atoms with Crippen LogP contribution in [0.1, 0.15) is 6.42 Å². The maximum absolute atomic E-state index is 10.9. The van der Waals surface area contributed by atoms with Crippen molar-refractivity contribution in [1.29, 1.82) is 0 Å². The van der Waals surface area contributed by atoms with Crippen LogP contribution in [-0.2, 0) is 14.8 Å². The van der Waals surface area contributed by atoms with E-state index >= 15 is 0 Å². The Morgan fingerprint density at radius 1 is 1.33 bits per heavy atom. The first-order chi connectivity index (χ1) is 5.52. The van der Waals surface area contributed by atoms with Crippen LogP contribution in [0.5, 0.6) is 0 Å². The molecule has 0 saturated carbocycles. The molecule has 0 radical (unpaired) electrons. The Labute approximate surface area is 71.4 Å². The molecule has 0 aromatic carbocycles. The highest BCUT2D eigenvalue weighted by Gasteiger charge is 2.11. The summed E-state index contributed by atoms with van der Waals surface area (Å²) in [5.74, 6) is -0.845. The van der Waals surface area contributed by atoms with Gasteiger partial charge in [0, 0.05) is 0 Å². The van der Waals surface area contributed by atoms with Gasteiger partial charge in [0.25, 0.3) is 0 Å². The van der Waals surface area contributed by atoms with Gasteiger partial charge in [0.05, 0.1) is 12.3 Å². The van der Waals surface area contributed by atoms with Crippen molar-refractivity contribution in [3.05, 3.63) is 0 Å². The highest BCUT2D eigenvalue weighted by Crippen LogP contribution is 1.86. The van der Waals surface area contributed by atoms with E-state index in [0.717, 1.165) is 0 Å². The molecule has 0 aliphatic rings. The van der Waals surface area contributed by atoms with Gasteiger partial charge in [-0.05, 0) is 13.0 Å². The molecule has 0 bridgehead atoms. The summed E-state index contributed by atoms with van der Waals surface area (Å²) in [7, 11) is -3.51. The van der Waals surface area contributed by atoms with Crippen molar-refractivity contribution < 1.29 is 13.2 Å². The monoisotopic (exact) mass is 195 g/mol. The number of nitrogens with two attached hydrogens (primary N) is 2. The summed E-state index contributed by atoms with van der Waals surface area (Å²) in [6, 6.07) is 0. The molecular formula is C5H13N3O3S. The van der Waals surface area contributed by atoms with Gasteiger partial charge in [0.1, 0.15) is 0 Å². The number of carbonyl (C=O) groups is 1. The second-order valence-electron chi connectivity index (χ2n) is 2.19. The Balaban J connectivity index is 3.96. The lowest BCUT2D eigenvalue weighted by atomic mass is 10.5. The number of hydrogen-bond donors (Lipinski definition) is 3. The molecule has 0 rings (SSSR count). The van der Waals surface area contributed by atoms with Gasteiger partial charge in [0.15, 0.2) is 0 Å². The second-order valence-corrected chi connectivity index (χ2v) is 4.03. The minimum atomic E-state index is -3.51. The molecule has 0 unspecified atom stereocenters. The molecule has 12 heavy (non-hydrogen) atoms. The highest BCUT2D eigenvalue weighted by molar-refractivity contribution is 7.90. The summed E-state index contributed by atoms with van der Waals surface area (Å²) in [6.07, 6.45) is 0.327. The van der Waals surface area contributed by atoms with Crippen molar-refractivity contribution in [3.8, 4) is 0 Å². The van der Waals surface area contributed by atoms with E-state index in [2.05, 4.69) is 0 Å². The van der Waals surface area contributed by atoms with Crippen LogP contribution in [0.4, 0.5) is 0 Å². The number of amides is 1. The Kier molecular flexibility index (Phi) is 4.79.